The quantitative estimate of drug-likeness (QED) is 0.654. The highest BCUT2D eigenvalue weighted by molar-refractivity contribution is 9.09. The molecule has 1 aromatic carbocycles. The van der Waals surface area contributed by atoms with Crippen LogP contribution in [0.5, 0.6) is 0 Å². The maximum atomic E-state index is 5.91. The van der Waals surface area contributed by atoms with Crippen molar-refractivity contribution in [3.05, 3.63) is 29.3 Å². The Balaban J connectivity index is 2.83. The number of methoxy groups -OCH3 is 1. The lowest BCUT2D eigenvalue weighted by molar-refractivity contribution is 0.179. The molecule has 0 amide bonds. The molecule has 0 saturated carbocycles. The minimum Gasteiger partial charge on any atom is -0.398 e. The van der Waals surface area contributed by atoms with Crippen molar-refractivity contribution >= 4 is 21.6 Å². The third-order valence-corrected chi connectivity index (χ3v) is 2.75. The first kappa shape index (κ1) is 10.5. The Morgan fingerprint density at radius 1 is 1.54 bits per heavy atom. The normalized spacial score (nSPS) is 12.8. The van der Waals surface area contributed by atoms with Crippen LogP contribution in [0, 0.1) is 6.92 Å². The second-order valence-electron chi connectivity index (χ2n) is 3.00. The number of alkyl halides is 1. The van der Waals surface area contributed by atoms with E-state index in [4.69, 9.17) is 10.5 Å². The second-order valence-corrected chi connectivity index (χ2v) is 4.02. The van der Waals surface area contributed by atoms with Crippen molar-refractivity contribution in [2.45, 2.75) is 18.4 Å². The summed E-state index contributed by atoms with van der Waals surface area (Å²) in [5, 5.41) is 0.0385. The Morgan fingerprint density at radius 2 is 2.23 bits per heavy atom. The van der Waals surface area contributed by atoms with Crippen molar-refractivity contribution in [3.8, 4) is 0 Å². The number of ether oxygens (including phenoxy) is 1. The van der Waals surface area contributed by atoms with Gasteiger partial charge in [0.15, 0.2) is 0 Å². The first-order valence-electron chi connectivity index (χ1n) is 4.16. The van der Waals surface area contributed by atoms with Crippen LogP contribution in [0.15, 0.2) is 18.2 Å². The van der Waals surface area contributed by atoms with E-state index in [1.807, 2.05) is 25.1 Å². The molecule has 0 aromatic heterocycles. The van der Waals surface area contributed by atoms with Gasteiger partial charge in [0.05, 0.1) is 0 Å². The predicted octanol–water partition coefficient (Wildman–Crippen LogP) is 2.49. The molecule has 1 rings (SSSR count). The molecular weight excluding hydrogens is 230 g/mol. The Kier molecular flexibility index (Phi) is 3.75. The lowest BCUT2D eigenvalue weighted by Crippen LogP contribution is -2.07. The molecule has 0 fully saturated rings. The highest BCUT2D eigenvalue weighted by atomic mass is 79.9. The minimum absolute atomic E-state index is 0.0385. The van der Waals surface area contributed by atoms with Gasteiger partial charge in [-0.1, -0.05) is 34.1 Å². The van der Waals surface area contributed by atoms with E-state index < -0.39 is 0 Å². The molecule has 1 atom stereocenters. The number of halogens is 1. The predicted molar refractivity (Wildman–Crippen MR) is 59.0 cm³/mol. The number of nitrogen functional groups attached to an aromatic ring is 1. The average Bonchev–Trinajstić information content (AvgIpc) is 2.13. The number of rotatable bonds is 3. The molecule has 1 aromatic rings. The molecule has 2 nitrogen and oxygen atoms in total. The Bertz CT molecular complexity index is 288. The molecule has 72 valence electrons. The number of anilines is 1. The summed E-state index contributed by atoms with van der Waals surface area (Å²) in [7, 11) is 1.67. The van der Waals surface area contributed by atoms with Gasteiger partial charge in [-0.15, -0.1) is 0 Å². The summed E-state index contributed by atoms with van der Waals surface area (Å²) in [5.74, 6) is 0. The van der Waals surface area contributed by atoms with E-state index in [9.17, 15) is 0 Å². The van der Waals surface area contributed by atoms with Gasteiger partial charge in [0, 0.05) is 19.2 Å². The van der Waals surface area contributed by atoms with Crippen LogP contribution < -0.4 is 5.73 Å². The summed E-state index contributed by atoms with van der Waals surface area (Å²) >= 11 is 3.39. The summed E-state index contributed by atoms with van der Waals surface area (Å²) in [6.07, 6.45) is 0.796. The molecule has 2 N–H and O–H groups in total. The summed E-state index contributed by atoms with van der Waals surface area (Å²) in [5.41, 5.74) is 9.02. The van der Waals surface area contributed by atoms with Crippen molar-refractivity contribution in [2.24, 2.45) is 0 Å². The highest BCUT2D eigenvalue weighted by Crippen LogP contribution is 2.20. The van der Waals surface area contributed by atoms with Gasteiger partial charge in [-0.3, -0.25) is 0 Å². The first-order chi connectivity index (χ1) is 6.15. The van der Waals surface area contributed by atoms with Crippen LogP contribution in [0.3, 0.4) is 0 Å². The topological polar surface area (TPSA) is 35.2 Å². The van der Waals surface area contributed by atoms with E-state index in [0.29, 0.717) is 0 Å². The molecule has 0 bridgehead atoms. The van der Waals surface area contributed by atoms with Crippen molar-refractivity contribution in [1.29, 1.82) is 0 Å². The Hall–Kier alpha value is -0.540. The number of hydrogen-bond donors (Lipinski definition) is 1. The lowest BCUT2D eigenvalue weighted by atomic mass is 10.1. The zero-order valence-electron chi connectivity index (χ0n) is 7.88. The summed E-state index contributed by atoms with van der Waals surface area (Å²) in [6, 6.07) is 6.04. The third kappa shape index (κ3) is 2.71. The number of benzene rings is 1. The molecule has 0 radical (unpaired) electrons. The van der Waals surface area contributed by atoms with E-state index in [0.717, 1.165) is 23.2 Å². The van der Waals surface area contributed by atoms with Crippen molar-refractivity contribution in [3.63, 3.8) is 0 Å². The summed E-state index contributed by atoms with van der Waals surface area (Å²) in [4.78, 5) is 0. The molecule has 0 aliphatic heterocycles. The van der Waals surface area contributed by atoms with Gasteiger partial charge in [-0.25, -0.2) is 0 Å². The monoisotopic (exact) mass is 243 g/mol. The van der Waals surface area contributed by atoms with Crippen molar-refractivity contribution in [1.82, 2.24) is 0 Å². The molecule has 0 aliphatic carbocycles. The van der Waals surface area contributed by atoms with Crippen LogP contribution in [0.2, 0.25) is 0 Å². The fourth-order valence-corrected chi connectivity index (χ4v) is 1.52. The van der Waals surface area contributed by atoms with E-state index in [1.54, 1.807) is 7.11 Å². The molecule has 0 spiro atoms. The smallest absolute Gasteiger partial charge is 0.116 e. The van der Waals surface area contributed by atoms with E-state index >= 15 is 0 Å². The van der Waals surface area contributed by atoms with Crippen LogP contribution >= 0.6 is 15.9 Å². The number of aryl methyl sites for hydroxylation is 1. The fourth-order valence-electron chi connectivity index (χ4n) is 1.18. The fraction of sp³-hybridized carbons (Fsp3) is 0.400. The number of hydrogen-bond acceptors (Lipinski definition) is 2. The molecule has 13 heavy (non-hydrogen) atoms. The Labute approximate surface area is 87.2 Å². The summed E-state index contributed by atoms with van der Waals surface area (Å²) < 4.78 is 5.11. The molecule has 3 heteroatoms. The van der Waals surface area contributed by atoms with Crippen molar-refractivity contribution < 1.29 is 4.74 Å². The minimum atomic E-state index is 0.0385. The SMILES string of the molecule is COC(Br)Cc1cccc(C)c1N. The van der Waals surface area contributed by atoms with Gasteiger partial charge in [-0.05, 0) is 18.1 Å². The highest BCUT2D eigenvalue weighted by Gasteiger charge is 2.07. The van der Waals surface area contributed by atoms with Crippen molar-refractivity contribution in [2.75, 3.05) is 12.8 Å². The van der Waals surface area contributed by atoms with Gasteiger partial charge >= 0.3 is 0 Å². The van der Waals surface area contributed by atoms with Crippen LogP contribution in [-0.2, 0) is 11.2 Å². The molecular formula is C10H14BrNO. The molecule has 0 heterocycles. The summed E-state index contributed by atoms with van der Waals surface area (Å²) in [6.45, 7) is 2.01. The lowest BCUT2D eigenvalue weighted by Gasteiger charge is -2.11. The van der Waals surface area contributed by atoms with Crippen LogP contribution in [0.25, 0.3) is 0 Å². The van der Waals surface area contributed by atoms with Gasteiger partial charge in [0.25, 0.3) is 0 Å². The standard InChI is InChI=1S/C10H14BrNO/c1-7-4-3-5-8(10(7)12)6-9(11)13-2/h3-5,9H,6,12H2,1-2H3. The third-order valence-electron chi connectivity index (χ3n) is 2.05. The van der Waals surface area contributed by atoms with Crippen LogP contribution in [0.1, 0.15) is 11.1 Å². The van der Waals surface area contributed by atoms with E-state index in [-0.39, 0.29) is 5.01 Å². The van der Waals surface area contributed by atoms with Gasteiger partial charge in [0.2, 0.25) is 0 Å². The molecule has 0 saturated heterocycles. The first-order valence-corrected chi connectivity index (χ1v) is 5.07. The van der Waals surface area contributed by atoms with Crippen LogP contribution in [-0.4, -0.2) is 12.1 Å². The van der Waals surface area contributed by atoms with Gasteiger partial charge in [-0.2, -0.15) is 0 Å². The number of nitrogens with two attached hydrogens (primary N) is 1. The largest absolute Gasteiger partial charge is 0.398 e. The Morgan fingerprint density at radius 3 is 2.85 bits per heavy atom. The second kappa shape index (κ2) is 4.63. The zero-order valence-corrected chi connectivity index (χ0v) is 9.47. The average molecular weight is 244 g/mol. The zero-order chi connectivity index (χ0) is 9.84. The van der Waals surface area contributed by atoms with E-state index in [2.05, 4.69) is 15.9 Å². The van der Waals surface area contributed by atoms with Gasteiger partial charge < -0.3 is 10.5 Å². The maximum absolute atomic E-state index is 5.91. The molecule has 0 aliphatic rings. The van der Waals surface area contributed by atoms with Gasteiger partial charge in [0.1, 0.15) is 5.01 Å². The maximum Gasteiger partial charge on any atom is 0.116 e. The molecule has 1 unspecified atom stereocenters. The number of para-hydroxylation sites is 1. The van der Waals surface area contributed by atoms with Crippen LogP contribution in [0.4, 0.5) is 5.69 Å². The van der Waals surface area contributed by atoms with E-state index in [1.165, 1.54) is 0 Å².